The maximum Gasteiger partial charge on any atom is 0.346 e. The molecule has 2 heterocycles. The molecule has 3 atom stereocenters. The number of halogens is 1. The minimum Gasteiger partial charge on any atom is -0.477 e. The summed E-state index contributed by atoms with van der Waals surface area (Å²) in [5.41, 5.74) is 4.04. The van der Waals surface area contributed by atoms with Crippen molar-refractivity contribution in [2.24, 2.45) is 0 Å². The first-order valence-corrected chi connectivity index (χ1v) is 12.9. The maximum absolute atomic E-state index is 14.0. The SMILES string of the molecule is Cc1ccc(C[C@@H]2CCCN2C[C@@H](O)CO[C@H](C)c2ccccc2-c2ccsc2C(=O)O)cc1F. The van der Waals surface area contributed by atoms with Crippen molar-refractivity contribution in [1.29, 1.82) is 0 Å². The van der Waals surface area contributed by atoms with Gasteiger partial charge in [0, 0.05) is 18.2 Å². The van der Waals surface area contributed by atoms with Gasteiger partial charge in [-0.15, -0.1) is 11.3 Å². The Hall–Kier alpha value is -2.58. The summed E-state index contributed by atoms with van der Waals surface area (Å²) in [7, 11) is 0. The molecule has 1 saturated heterocycles. The van der Waals surface area contributed by atoms with Crippen LogP contribution >= 0.6 is 11.3 Å². The normalized spacial score (nSPS) is 18.0. The molecular formula is C28H32FNO4S. The van der Waals surface area contributed by atoms with Gasteiger partial charge >= 0.3 is 5.97 Å². The number of aliphatic hydroxyl groups is 1. The maximum atomic E-state index is 14.0. The number of likely N-dealkylation sites (tertiary alicyclic amines) is 1. The van der Waals surface area contributed by atoms with E-state index in [2.05, 4.69) is 4.90 Å². The van der Waals surface area contributed by atoms with Crippen LogP contribution in [0.25, 0.3) is 11.1 Å². The molecular weight excluding hydrogens is 465 g/mol. The predicted molar refractivity (Wildman–Crippen MR) is 137 cm³/mol. The lowest BCUT2D eigenvalue weighted by Crippen LogP contribution is -2.39. The highest BCUT2D eigenvalue weighted by molar-refractivity contribution is 7.12. The van der Waals surface area contributed by atoms with E-state index < -0.39 is 12.1 Å². The molecule has 1 aliphatic rings. The van der Waals surface area contributed by atoms with E-state index in [-0.39, 0.29) is 24.6 Å². The first-order chi connectivity index (χ1) is 16.8. The van der Waals surface area contributed by atoms with Crippen LogP contribution in [-0.2, 0) is 11.2 Å². The number of aromatic carboxylic acids is 1. The van der Waals surface area contributed by atoms with Crippen molar-refractivity contribution < 1.29 is 24.1 Å². The minimum atomic E-state index is -0.942. The van der Waals surface area contributed by atoms with E-state index in [1.165, 1.54) is 11.3 Å². The summed E-state index contributed by atoms with van der Waals surface area (Å²) in [5, 5.41) is 22.0. The van der Waals surface area contributed by atoms with Gasteiger partial charge in [0.05, 0.1) is 18.8 Å². The van der Waals surface area contributed by atoms with Crippen LogP contribution in [0.4, 0.5) is 4.39 Å². The lowest BCUT2D eigenvalue weighted by atomic mass is 9.97. The number of rotatable bonds is 10. The Morgan fingerprint density at radius 2 is 2.03 bits per heavy atom. The van der Waals surface area contributed by atoms with E-state index in [1.807, 2.05) is 49.4 Å². The fraction of sp³-hybridized carbons (Fsp3) is 0.393. The second-order valence-electron chi connectivity index (χ2n) is 9.26. The van der Waals surface area contributed by atoms with Gasteiger partial charge in [0.15, 0.2) is 0 Å². The molecule has 5 nitrogen and oxygen atoms in total. The van der Waals surface area contributed by atoms with Gasteiger partial charge in [-0.1, -0.05) is 36.4 Å². The van der Waals surface area contributed by atoms with Crippen molar-refractivity contribution in [1.82, 2.24) is 4.90 Å². The molecule has 1 aliphatic heterocycles. The first-order valence-electron chi connectivity index (χ1n) is 12.0. The van der Waals surface area contributed by atoms with Gasteiger partial charge in [-0.2, -0.15) is 0 Å². The van der Waals surface area contributed by atoms with Crippen LogP contribution in [0.2, 0.25) is 0 Å². The molecule has 186 valence electrons. The number of carboxylic acid groups (broad SMARTS) is 1. The van der Waals surface area contributed by atoms with Crippen LogP contribution in [0.3, 0.4) is 0 Å². The molecule has 1 fully saturated rings. The molecule has 0 bridgehead atoms. The lowest BCUT2D eigenvalue weighted by molar-refractivity contribution is -0.0169. The number of carbonyl (C=O) groups is 1. The van der Waals surface area contributed by atoms with Crippen LogP contribution in [0.5, 0.6) is 0 Å². The molecule has 0 aliphatic carbocycles. The lowest BCUT2D eigenvalue weighted by Gasteiger charge is -2.27. The van der Waals surface area contributed by atoms with Crippen molar-refractivity contribution in [3.05, 3.63) is 81.3 Å². The molecule has 0 saturated carbocycles. The highest BCUT2D eigenvalue weighted by Crippen LogP contribution is 2.34. The molecule has 0 amide bonds. The van der Waals surface area contributed by atoms with Crippen LogP contribution in [-0.4, -0.2) is 52.9 Å². The minimum absolute atomic E-state index is 0.173. The molecule has 0 radical (unpaired) electrons. The summed E-state index contributed by atoms with van der Waals surface area (Å²) >= 11 is 1.20. The summed E-state index contributed by atoms with van der Waals surface area (Å²) in [6.07, 6.45) is 1.88. The van der Waals surface area contributed by atoms with E-state index in [9.17, 15) is 19.4 Å². The Morgan fingerprint density at radius 1 is 1.23 bits per heavy atom. The fourth-order valence-corrected chi connectivity index (χ4v) is 5.60. The Bertz CT molecular complexity index is 1160. The van der Waals surface area contributed by atoms with E-state index in [4.69, 9.17) is 4.74 Å². The van der Waals surface area contributed by atoms with Crippen molar-refractivity contribution in [2.75, 3.05) is 19.7 Å². The van der Waals surface area contributed by atoms with E-state index in [1.54, 1.807) is 18.4 Å². The quantitative estimate of drug-likeness (QED) is 0.376. The second kappa shape index (κ2) is 11.4. The highest BCUT2D eigenvalue weighted by Gasteiger charge is 2.27. The van der Waals surface area contributed by atoms with Crippen molar-refractivity contribution >= 4 is 17.3 Å². The summed E-state index contributed by atoms with van der Waals surface area (Å²) < 4.78 is 20.0. The number of thiophene rings is 1. The van der Waals surface area contributed by atoms with E-state index >= 15 is 0 Å². The van der Waals surface area contributed by atoms with E-state index in [0.717, 1.165) is 42.5 Å². The molecule has 0 spiro atoms. The third kappa shape index (κ3) is 6.16. The number of aliphatic hydroxyl groups excluding tert-OH is 1. The molecule has 3 aromatic rings. The Kier molecular flexibility index (Phi) is 8.34. The molecule has 4 rings (SSSR count). The Labute approximate surface area is 209 Å². The van der Waals surface area contributed by atoms with Crippen molar-refractivity contribution in [3.8, 4) is 11.1 Å². The number of ether oxygens (including phenoxy) is 1. The zero-order valence-electron chi connectivity index (χ0n) is 20.1. The van der Waals surface area contributed by atoms with E-state index in [0.29, 0.717) is 22.5 Å². The standard InChI is InChI=1S/C28H32FNO4S/c1-18-9-10-20(15-26(18)29)14-21-6-5-12-30(21)16-22(31)17-34-19(2)23-7-3-4-8-24(23)25-11-13-35-27(25)28(32)33/h3-4,7-11,13,15,19,21-22,31H,5-6,12,14,16-17H2,1-2H3,(H,32,33)/t19-,21+,22-/m1/s1. The monoisotopic (exact) mass is 497 g/mol. The number of aryl methyl sites for hydroxylation is 1. The third-order valence-electron chi connectivity index (χ3n) is 6.74. The molecule has 2 N–H and O–H groups in total. The average Bonchev–Trinajstić information content (AvgIpc) is 3.50. The molecule has 2 aromatic carbocycles. The number of β-amino-alcohol motifs (C(OH)–C–C–N with tert-alkyl or cyclic N) is 1. The van der Waals surface area contributed by atoms with Crippen LogP contribution in [0.15, 0.2) is 53.9 Å². The number of nitrogens with zero attached hydrogens (tertiary/aromatic N) is 1. The van der Waals surface area contributed by atoms with Gasteiger partial charge < -0.3 is 14.9 Å². The van der Waals surface area contributed by atoms with Crippen molar-refractivity contribution in [2.45, 2.75) is 51.4 Å². The zero-order valence-corrected chi connectivity index (χ0v) is 20.9. The van der Waals surface area contributed by atoms with Crippen LogP contribution < -0.4 is 0 Å². The average molecular weight is 498 g/mol. The van der Waals surface area contributed by atoms with Gasteiger partial charge in [0.2, 0.25) is 0 Å². The number of carboxylic acids is 1. The van der Waals surface area contributed by atoms with Gasteiger partial charge in [0.25, 0.3) is 0 Å². The van der Waals surface area contributed by atoms with Gasteiger partial charge in [-0.3, -0.25) is 4.90 Å². The topological polar surface area (TPSA) is 70.0 Å². The molecule has 0 unspecified atom stereocenters. The summed E-state index contributed by atoms with van der Waals surface area (Å²) in [5.74, 6) is -1.12. The van der Waals surface area contributed by atoms with Crippen LogP contribution in [0, 0.1) is 12.7 Å². The predicted octanol–water partition coefficient (Wildman–Crippen LogP) is 5.71. The number of hydrogen-bond acceptors (Lipinski definition) is 5. The summed E-state index contributed by atoms with van der Waals surface area (Å²) in [6, 6.07) is 15.2. The third-order valence-corrected chi connectivity index (χ3v) is 7.64. The summed E-state index contributed by atoms with van der Waals surface area (Å²) in [4.78, 5) is 14.2. The fourth-order valence-electron chi connectivity index (χ4n) is 4.85. The molecule has 1 aromatic heterocycles. The Morgan fingerprint density at radius 3 is 2.80 bits per heavy atom. The number of benzene rings is 2. The Balaban J connectivity index is 1.36. The van der Waals surface area contributed by atoms with Crippen molar-refractivity contribution in [3.63, 3.8) is 0 Å². The highest BCUT2D eigenvalue weighted by atomic mass is 32.1. The smallest absolute Gasteiger partial charge is 0.346 e. The van der Waals surface area contributed by atoms with Gasteiger partial charge in [-0.05, 0) is 79.4 Å². The summed E-state index contributed by atoms with van der Waals surface area (Å²) in [6.45, 7) is 5.27. The van der Waals surface area contributed by atoms with Gasteiger partial charge in [-0.25, -0.2) is 9.18 Å². The molecule has 35 heavy (non-hydrogen) atoms. The largest absolute Gasteiger partial charge is 0.477 e. The molecule has 7 heteroatoms. The second-order valence-corrected chi connectivity index (χ2v) is 10.2. The first kappa shape index (κ1) is 25.5. The number of hydrogen-bond donors (Lipinski definition) is 2. The zero-order chi connectivity index (χ0) is 24.9. The van der Waals surface area contributed by atoms with Gasteiger partial charge in [0.1, 0.15) is 10.7 Å². The van der Waals surface area contributed by atoms with Crippen LogP contribution in [0.1, 0.15) is 52.2 Å².